The van der Waals surface area contributed by atoms with Crippen LogP contribution in [0.2, 0.25) is 0 Å². The van der Waals surface area contributed by atoms with Gasteiger partial charge in [0.2, 0.25) is 0 Å². The summed E-state index contributed by atoms with van der Waals surface area (Å²) in [4.78, 5) is 2.24. The lowest BCUT2D eigenvalue weighted by atomic mass is 9.99. The van der Waals surface area contributed by atoms with Gasteiger partial charge in [0.05, 0.1) is 6.10 Å². The first-order valence-corrected chi connectivity index (χ1v) is 8.06. The Balaban J connectivity index is 2.35. The Labute approximate surface area is 122 Å². The van der Waals surface area contributed by atoms with E-state index in [-0.39, 0.29) is 12.0 Å². The van der Waals surface area contributed by atoms with Gasteiger partial charge in [-0.05, 0) is 23.5 Å². The first-order chi connectivity index (χ1) is 9.15. The molecule has 1 nitrogen and oxygen atoms in total. The molecule has 0 bridgehead atoms. The van der Waals surface area contributed by atoms with E-state index in [1.807, 2.05) is 18.2 Å². The van der Waals surface area contributed by atoms with Crippen molar-refractivity contribution in [2.75, 3.05) is 0 Å². The lowest BCUT2D eigenvalue weighted by molar-refractivity contribution is 0.123. The topological polar surface area (TPSA) is 20.2 Å². The molecule has 1 aromatic carbocycles. The standard InChI is InChI=1S/C17H26OS/c1-4-5-6-10-13-17(18)14(2)15(3)19-16-11-8-7-9-12-16/h7-9,11-12,14,17-18H,3-6,10,13H2,1-2H3/t14-,17+/m0/s1. The van der Waals surface area contributed by atoms with E-state index in [2.05, 4.69) is 32.6 Å². The molecular weight excluding hydrogens is 252 g/mol. The van der Waals surface area contributed by atoms with Gasteiger partial charge in [0, 0.05) is 10.8 Å². The molecule has 0 fully saturated rings. The van der Waals surface area contributed by atoms with Crippen LogP contribution in [-0.2, 0) is 0 Å². The van der Waals surface area contributed by atoms with E-state index < -0.39 is 0 Å². The maximum atomic E-state index is 10.2. The molecule has 1 aromatic rings. The van der Waals surface area contributed by atoms with Crippen LogP contribution in [0.4, 0.5) is 0 Å². The quantitative estimate of drug-likeness (QED) is 0.491. The van der Waals surface area contributed by atoms with E-state index >= 15 is 0 Å². The van der Waals surface area contributed by atoms with E-state index in [0.29, 0.717) is 0 Å². The Hall–Kier alpha value is -0.730. The van der Waals surface area contributed by atoms with Gasteiger partial charge in [-0.15, -0.1) is 0 Å². The van der Waals surface area contributed by atoms with Crippen molar-refractivity contribution in [3.8, 4) is 0 Å². The van der Waals surface area contributed by atoms with E-state index in [1.54, 1.807) is 11.8 Å². The average Bonchev–Trinajstić information content (AvgIpc) is 2.43. The third-order valence-electron chi connectivity index (χ3n) is 3.43. The molecule has 0 aliphatic heterocycles. The zero-order valence-corrected chi connectivity index (χ0v) is 13.0. The fraction of sp³-hybridized carbons (Fsp3) is 0.529. The molecule has 0 aromatic heterocycles. The zero-order chi connectivity index (χ0) is 14.1. The average molecular weight is 278 g/mol. The van der Waals surface area contributed by atoms with Crippen LogP contribution in [0.1, 0.15) is 46.0 Å². The van der Waals surface area contributed by atoms with Gasteiger partial charge in [-0.25, -0.2) is 0 Å². The first-order valence-electron chi connectivity index (χ1n) is 7.25. The van der Waals surface area contributed by atoms with Crippen LogP contribution in [0.15, 0.2) is 46.7 Å². The summed E-state index contributed by atoms with van der Waals surface area (Å²) in [5, 5.41) is 10.2. The maximum Gasteiger partial charge on any atom is 0.0611 e. The Morgan fingerprint density at radius 1 is 1.21 bits per heavy atom. The second-order valence-corrected chi connectivity index (χ2v) is 6.29. The van der Waals surface area contributed by atoms with Gasteiger partial charge in [-0.3, -0.25) is 0 Å². The second-order valence-electron chi connectivity index (χ2n) is 5.09. The molecule has 0 heterocycles. The van der Waals surface area contributed by atoms with Crippen molar-refractivity contribution in [2.24, 2.45) is 5.92 Å². The predicted molar refractivity (Wildman–Crippen MR) is 85.4 cm³/mol. The van der Waals surface area contributed by atoms with Crippen molar-refractivity contribution >= 4 is 11.8 Å². The molecule has 0 saturated heterocycles. The van der Waals surface area contributed by atoms with Gasteiger partial charge in [0.1, 0.15) is 0 Å². The van der Waals surface area contributed by atoms with Gasteiger partial charge in [-0.1, -0.05) is 76.1 Å². The summed E-state index contributed by atoms with van der Waals surface area (Å²) in [6.45, 7) is 8.40. The van der Waals surface area contributed by atoms with Crippen molar-refractivity contribution in [1.29, 1.82) is 0 Å². The molecule has 0 amide bonds. The minimum atomic E-state index is -0.263. The van der Waals surface area contributed by atoms with Crippen LogP contribution in [0.3, 0.4) is 0 Å². The maximum absolute atomic E-state index is 10.2. The number of unbranched alkanes of at least 4 members (excludes halogenated alkanes) is 3. The molecule has 1 N–H and O–H groups in total. The molecule has 1 rings (SSSR count). The minimum Gasteiger partial charge on any atom is -0.392 e. The summed E-state index contributed by atoms with van der Waals surface area (Å²) in [6, 6.07) is 10.2. The van der Waals surface area contributed by atoms with E-state index in [9.17, 15) is 5.11 Å². The summed E-state index contributed by atoms with van der Waals surface area (Å²) in [7, 11) is 0. The molecule has 0 saturated carbocycles. The molecule has 0 unspecified atom stereocenters. The van der Waals surface area contributed by atoms with Crippen molar-refractivity contribution in [1.82, 2.24) is 0 Å². The summed E-state index contributed by atoms with van der Waals surface area (Å²) in [5.41, 5.74) is 0. The Morgan fingerprint density at radius 2 is 1.89 bits per heavy atom. The van der Waals surface area contributed by atoms with Gasteiger partial charge < -0.3 is 5.11 Å². The number of thioether (sulfide) groups is 1. The minimum absolute atomic E-state index is 0.145. The van der Waals surface area contributed by atoms with Crippen molar-refractivity contribution in [3.05, 3.63) is 41.8 Å². The smallest absolute Gasteiger partial charge is 0.0611 e. The number of aliphatic hydroxyl groups is 1. The third-order valence-corrected chi connectivity index (χ3v) is 4.57. The van der Waals surface area contributed by atoms with E-state index in [4.69, 9.17) is 0 Å². The van der Waals surface area contributed by atoms with Gasteiger partial charge in [0.15, 0.2) is 0 Å². The highest BCUT2D eigenvalue weighted by Crippen LogP contribution is 2.32. The van der Waals surface area contributed by atoms with Crippen LogP contribution in [0.25, 0.3) is 0 Å². The normalized spacial score (nSPS) is 14.1. The molecule has 0 spiro atoms. The molecule has 2 atom stereocenters. The Bertz CT molecular complexity index is 361. The third kappa shape index (κ3) is 6.31. The van der Waals surface area contributed by atoms with Crippen LogP contribution in [0.5, 0.6) is 0 Å². The molecule has 19 heavy (non-hydrogen) atoms. The number of benzene rings is 1. The lowest BCUT2D eigenvalue weighted by Gasteiger charge is -2.20. The SMILES string of the molecule is C=C(Sc1ccccc1)[C@H](C)[C@H](O)CCCCCC. The van der Waals surface area contributed by atoms with E-state index in [0.717, 1.165) is 17.7 Å². The second kappa shape index (κ2) is 9.22. The summed E-state index contributed by atoms with van der Waals surface area (Å²) >= 11 is 1.67. The van der Waals surface area contributed by atoms with Crippen LogP contribution >= 0.6 is 11.8 Å². The summed E-state index contributed by atoms with van der Waals surface area (Å²) in [6.07, 6.45) is 5.46. The van der Waals surface area contributed by atoms with Crippen molar-refractivity contribution in [3.63, 3.8) is 0 Å². The van der Waals surface area contributed by atoms with Crippen molar-refractivity contribution in [2.45, 2.75) is 57.0 Å². The Kier molecular flexibility index (Phi) is 7.92. The highest BCUT2D eigenvalue weighted by atomic mass is 32.2. The molecule has 2 heteroatoms. The van der Waals surface area contributed by atoms with Crippen LogP contribution in [-0.4, -0.2) is 11.2 Å². The van der Waals surface area contributed by atoms with E-state index in [1.165, 1.54) is 24.2 Å². The van der Waals surface area contributed by atoms with Crippen molar-refractivity contribution < 1.29 is 5.11 Å². The van der Waals surface area contributed by atoms with Gasteiger partial charge >= 0.3 is 0 Å². The molecule has 106 valence electrons. The molecule has 0 radical (unpaired) electrons. The summed E-state index contributed by atoms with van der Waals surface area (Å²) < 4.78 is 0. The number of hydrogen-bond acceptors (Lipinski definition) is 2. The van der Waals surface area contributed by atoms with Crippen LogP contribution < -0.4 is 0 Å². The van der Waals surface area contributed by atoms with Crippen LogP contribution in [0, 0.1) is 5.92 Å². The monoisotopic (exact) mass is 278 g/mol. The van der Waals surface area contributed by atoms with Gasteiger partial charge in [0.25, 0.3) is 0 Å². The molecule has 0 aliphatic rings. The highest BCUT2D eigenvalue weighted by molar-refractivity contribution is 8.03. The lowest BCUT2D eigenvalue weighted by Crippen LogP contribution is -2.18. The van der Waals surface area contributed by atoms with Gasteiger partial charge in [-0.2, -0.15) is 0 Å². The Morgan fingerprint density at radius 3 is 2.53 bits per heavy atom. The number of aliphatic hydroxyl groups excluding tert-OH is 1. The largest absolute Gasteiger partial charge is 0.392 e. The fourth-order valence-corrected chi connectivity index (χ4v) is 2.92. The zero-order valence-electron chi connectivity index (χ0n) is 12.1. The number of rotatable bonds is 9. The fourth-order valence-electron chi connectivity index (χ4n) is 1.98. The predicted octanol–water partition coefficient (Wildman–Crippen LogP) is 5.26. The first kappa shape index (κ1) is 16.3. The molecule has 0 aliphatic carbocycles. The highest BCUT2D eigenvalue weighted by Gasteiger charge is 2.17. The summed E-state index contributed by atoms with van der Waals surface area (Å²) in [5.74, 6) is 0.145. The molecular formula is C17H26OS. The number of hydrogen-bond donors (Lipinski definition) is 1.